The minimum absolute atomic E-state index is 0.0780. The van der Waals surface area contributed by atoms with E-state index in [1.54, 1.807) is 24.3 Å². The number of thiophene rings is 1. The van der Waals surface area contributed by atoms with Gasteiger partial charge in [-0.1, -0.05) is 6.07 Å². The van der Waals surface area contributed by atoms with Crippen molar-refractivity contribution in [2.24, 2.45) is 0 Å². The molecule has 0 fully saturated rings. The molecule has 0 aliphatic rings. The normalized spacial score (nSPS) is 11.4. The lowest BCUT2D eigenvalue weighted by atomic mass is 10.3. The fraction of sp³-hybridized carbons (Fsp3) is 0.118. The van der Waals surface area contributed by atoms with Crippen molar-refractivity contribution in [1.29, 1.82) is 0 Å². The van der Waals surface area contributed by atoms with E-state index in [2.05, 4.69) is 10.0 Å². The van der Waals surface area contributed by atoms with Crippen LogP contribution in [-0.4, -0.2) is 14.3 Å². The van der Waals surface area contributed by atoms with E-state index in [-0.39, 0.29) is 17.3 Å². The first-order valence-electron chi connectivity index (χ1n) is 7.47. The average Bonchev–Trinajstić information content (AvgIpc) is 3.27. The van der Waals surface area contributed by atoms with Gasteiger partial charge in [-0.2, -0.15) is 0 Å². The van der Waals surface area contributed by atoms with E-state index in [0.29, 0.717) is 17.9 Å². The summed E-state index contributed by atoms with van der Waals surface area (Å²) < 4.78 is 32.0. The Morgan fingerprint density at radius 3 is 2.52 bits per heavy atom. The summed E-state index contributed by atoms with van der Waals surface area (Å²) in [6, 6.07) is 13.2. The molecule has 0 spiro atoms. The van der Waals surface area contributed by atoms with Crippen molar-refractivity contribution in [3.05, 3.63) is 70.8 Å². The van der Waals surface area contributed by atoms with Crippen LogP contribution in [0.3, 0.4) is 0 Å². The number of anilines is 1. The molecule has 3 aromatic rings. The lowest BCUT2D eigenvalue weighted by molar-refractivity contribution is -0.115. The van der Waals surface area contributed by atoms with Crippen LogP contribution in [0.15, 0.2) is 69.5 Å². The van der Waals surface area contributed by atoms with Gasteiger partial charge in [0.25, 0.3) is 0 Å². The van der Waals surface area contributed by atoms with Crippen molar-refractivity contribution in [2.45, 2.75) is 17.9 Å². The van der Waals surface area contributed by atoms with Crippen LogP contribution in [0, 0.1) is 0 Å². The van der Waals surface area contributed by atoms with E-state index in [9.17, 15) is 13.2 Å². The molecule has 0 saturated carbocycles. The zero-order chi connectivity index (χ0) is 17.7. The SMILES string of the molecule is O=C(Cc1cccs1)Nc1ccc(S(=O)(=O)NCc2ccco2)cc1. The summed E-state index contributed by atoms with van der Waals surface area (Å²) in [6.07, 6.45) is 1.78. The Balaban J connectivity index is 1.60. The summed E-state index contributed by atoms with van der Waals surface area (Å²) in [4.78, 5) is 13.0. The number of furan rings is 1. The quantitative estimate of drug-likeness (QED) is 0.663. The van der Waals surface area contributed by atoms with E-state index in [1.165, 1.54) is 29.7 Å². The van der Waals surface area contributed by atoms with Gasteiger partial charge in [0.2, 0.25) is 15.9 Å². The molecule has 0 unspecified atom stereocenters. The summed E-state index contributed by atoms with van der Waals surface area (Å²) in [6.45, 7) is 0.0780. The second-order valence-corrected chi connectivity index (χ2v) is 8.03. The number of hydrogen-bond donors (Lipinski definition) is 2. The molecule has 8 heteroatoms. The van der Waals surface area contributed by atoms with Crippen LogP contribution >= 0.6 is 11.3 Å². The second kappa shape index (κ2) is 7.64. The summed E-state index contributed by atoms with van der Waals surface area (Å²) in [7, 11) is -3.64. The van der Waals surface area contributed by atoms with Crippen LogP contribution in [0.4, 0.5) is 5.69 Å². The number of amides is 1. The monoisotopic (exact) mass is 376 g/mol. The second-order valence-electron chi connectivity index (χ2n) is 5.23. The maximum atomic E-state index is 12.2. The fourth-order valence-corrected chi connectivity index (χ4v) is 3.85. The summed E-state index contributed by atoms with van der Waals surface area (Å²) in [5, 5.41) is 4.67. The smallest absolute Gasteiger partial charge is 0.240 e. The van der Waals surface area contributed by atoms with Gasteiger partial charge in [0.1, 0.15) is 5.76 Å². The van der Waals surface area contributed by atoms with Crippen molar-refractivity contribution in [3.63, 3.8) is 0 Å². The molecule has 2 N–H and O–H groups in total. The number of carbonyl (C=O) groups excluding carboxylic acids is 1. The van der Waals surface area contributed by atoms with Gasteiger partial charge in [-0.3, -0.25) is 4.79 Å². The van der Waals surface area contributed by atoms with E-state index in [0.717, 1.165) is 4.88 Å². The van der Waals surface area contributed by atoms with Gasteiger partial charge in [0, 0.05) is 10.6 Å². The van der Waals surface area contributed by atoms with Gasteiger partial charge >= 0.3 is 0 Å². The predicted molar refractivity (Wildman–Crippen MR) is 95.8 cm³/mol. The molecule has 25 heavy (non-hydrogen) atoms. The Hall–Kier alpha value is -2.42. The molecule has 2 aromatic heterocycles. The van der Waals surface area contributed by atoms with Crippen LogP contribution in [0.5, 0.6) is 0 Å². The summed E-state index contributed by atoms with van der Waals surface area (Å²) in [5.41, 5.74) is 0.548. The average molecular weight is 376 g/mol. The van der Waals surface area contributed by atoms with Crippen molar-refractivity contribution in [1.82, 2.24) is 4.72 Å². The Bertz CT molecular complexity index is 916. The number of hydrogen-bond acceptors (Lipinski definition) is 5. The lowest BCUT2D eigenvalue weighted by Crippen LogP contribution is -2.23. The van der Waals surface area contributed by atoms with Gasteiger partial charge in [0.05, 0.1) is 24.1 Å². The zero-order valence-electron chi connectivity index (χ0n) is 13.1. The Kier molecular flexibility index (Phi) is 5.32. The number of nitrogens with one attached hydrogen (secondary N) is 2. The molecule has 0 aliphatic carbocycles. The number of benzene rings is 1. The molecule has 1 amide bonds. The molecular formula is C17H16N2O4S2. The van der Waals surface area contributed by atoms with Gasteiger partial charge in [-0.25, -0.2) is 13.1 Å². The lowest BCUT2D eigenvalue weighted by Gasteiger charge is -2.08. The highest BCUT2D eigenvalue weighted by Crippen LogP contribution is 2.16. The highest BCUT2D eigenvalue weighted by molar-refractivity contribution is 7.89. The van der Waals surface area contributed by atoms with Crippen LogP contribution in [0.2, 0.25) is 0 Å². The largest absolute Gasteiger partial charge is 0.468 e. The van der Waals surface area contributed by atoms with E-state index < -0.39 is 10.0 Å². The first-order chi connectivity index (χ1) is 12.0. The van der Waals surface area contributed by atoms with Crippen molar-refractivity contribution < 1.29 is 17.6 Å². The zero-order valence-corrected chi connectivity index (χ0v) is 14.8. The maximum Gasteiger partial charge on any atom is 0.240 e. The standard InChI is InChI=1S/C17H16N2O4S2/c20-17(11-15-4-2-10-24-15)19-13-5-7-16(8-6-13)25(21,22)18-12-14-3-1-9-23-14/h1-10,18H,11-12H2,(H,19,20). The van der Waals surface area contributed by atoms with E-state index in [1.807, 2.05) is 17.5 Å². The van der Waals surface area contributed by atoms with E-state index in [4.69, 9.17) is 4.42 Å². The molecule has 3 rings (SSSR count). The molecule has 130 valence electrons. The third kappa shape index (κ3) is 4.79. The minimum Gasteiger partial charge on any atom is -0.468 e. The van der Waals surface area contributed by atoms with Gasteiger partial charge in [-0.15, -0.1) is 11.3 Å². The van der Waals surface area contributed by atoms with Crippen LogP contribution in [0.25, 0.3) is 0 Å². The van der Waals surface area contributed by atoms with Gasteiger partial charge < -0.3 is 9.73 Å². The minimum atomic E-state index is -3.64. The van der Waals surface area contributed by atoms with Crippen LogP contribution in [0.1, 0.15) is 10.6 Å². The van der Waals surface area contributed by atoms with Crippen LogP contribution in [-0.2, 0) is 27.8 Å². The fourth-order valence-electron chi connectivity index (χ4n) is 2.16. The molecule has 0 aliphatic heterocycles. The van der Waals surface area contributed by atoms with Gasteiger partial charge in [0.15, 0.2) is 0 Å². The molecule has 0 atom stereocenters. The van der Waals surface area contributed by atoms with Crippen LogP contribution < -0.4 is 10.0 Å². The molecule has 0 saturated heterocycles. The Morgan fingerprint density at radius 2 is 1.88 bits per heavy atom. The third-order valence-corrected chi connectivity index (χ3v) is 5.67. The predicted octanol–water partition coefficient (Wildman–Crippen LogP) is 3.00. The maximum absolute atomic E-state index is 12.2. The number of sulfonamides is 1. The van der Waals surface area contributed by atoms with Crippen molar-refractivity contribution in [2.75, 3.05) is 5.32 Å². The van der Waals surface area contributed by atoms with Gasteiger partial charge in [-0.05, 0) is 47.8 Å². The Morgan fingerprint density at radius 1 is 1.08 bits per heavy atom. The number of rotatable bonds is 7. The molecule has 6 nitrogen and oxygen atoms in total. The molecule has 1 aromatic carbocycles. The highest BCUT2D eigenvalue weighted by Gasteiger charge is 2.14. The summed E-state index contributed by atoms with van der Waals surface area (Å²) in [5.74, 6) is 0.384. The highest BCUT2D eigenvalue weighted by atomic mass is 32.2. The molecule has 0 radical (unpaired) electrons. The molecule has 2 heterocycles. The first-order valence-corrected chi connectivity index (χ1v) is 9.83. The molecular weight excluding hydrogens is 360 g/mol. The topological polar surface area (TPSA) is 88.4 Å². The van der Waals surface area contributed by atoms with E-state index >= 15 is 0 Å². The molecule has 0 bridgehead atoms. The first kappa shape index (κ1) is 17.4. The Labute approximate surface area is 149 Å². The number of carbonyl (C=O) groups is 1. The van der Waals surface area contributed by atoms with Crippen molar-refractivity contribution >= 4 is 33.0 Å². The van der Waals surface area contributed by atoms with Crippen molar-refractivity contribution in [3.8, 4) is 0 Å². The summed E-state index contributed by atoms with van der Waals surface area (Å²) >= 11 is 1.52. The third-order valence-electron chi connectivity index (χ3n) is 3.38.